The molecule has 0 unspecified atom stereocenters. The Balaban J connectivity index is 1.56. The van der Waals surface area contributed by atoms with Crippen LogP contribution in [0.2, 0.25) is 0 Å². The number of anilines is 1. The molecule has 0 heterocycles. The highest BCUT2D eigenvalue weighted by molar-refractivity contribution is 5.92. The summed E-state index contributed by atoms with van der Waals surface area (Å²) in [6, 6.07) is 22.7. The van der Waals surface area contributed by atoms with E-state index in [-0.39, 0.29) is 5.91 Å². The summed E-state index contributed by atoms with van der Waals surface area (Å²) >= 11 is 0. The fraction of sp³-hybridized carbons (Fsp3) is 0.136. The second-order valence-electron chi connectivity index (χ2n) is 6.01. The monoisotopic (exact) mass is 347 g/mol. The Kier molecular flexibility index (Phi) is 5.54. The van der Waals surface area contributed by atoms with Crippen molar-refractivity contribution in [2.24, 2.45) is 0 Å². The largest absolute Gasteiger partial charge is 0.497 e. The van der Waals surface area contributed by atoms with Crippen molar-refractivity contribution < 1.29 is 14.3 Å². The van der Waals surface area contributed by atoms with Gasteiger partial charge in [0.15, 0.2) is 0 Å². The van der Waals surface area contributed by atoms with Crippen LogP contribution in [-0.4, -0.2) is 13.0 Å². The molecular formula is C22H21NO3. The van der Waals surface area contributed by atoms with Gasteiger partial charge in [-0.3, -0.25) is 4.79 Å². The zero-order valence-electron chi connectivity index (χ0n) is 14.9. The lowest BCUT2D eigenvalue weighted by Gasteiger charge is -2.09. The van der Waals surface area contributed by atoms with Gasteiger partial charge in [-0.1, -0.05) is 29.8 Å². The molecule has 0 radical (unpaired) electrons. The summed E-state index contributed by atoms with van der Waals surface area (Å²) in [5.74, 6) is 2.22. The predicted molar refractivity (Wildman–Crippen MR) is 103 cm³/mol. The van der Waals surface area contributed by atoms with Gasteiger partial charge in [-0.25, -0.2) is 0 Å². The van der Waals surface area contributed by atoms with Crippen LogP contribution in [0.25, 0.3) is 0 Å². The van der Waals surface area contributed by atoms with Crippen molar-refractivity contribution in [1.82, 2.24) is 0 Å². The van der Waals surface area contributed by atoms with E-state index in [9.17, 15) is 4.79 Å². The molecule has 0 atom stereocenters. The van der Waals surface area contributed by atoms with Crippen molar-refractivity contribution in [2.75, 3.05) is 12.4 Å². The minimum absolute atomic E-state index is 0.0673. The zero-order chi connectivity index (χ0) is 18.4. The second-order valence-corrected chi connectivity index (χ2v) is 6.01. The van der Waals surface area contributed by atoms with E-state index in [1.165, 1.54) is 5.56 Å². The molecule has 4 heteroatoms. The molecule has 1 amide bonds. The van der Waals surface area contributed by atoms with Gasteiger partial charge in [0.05, 0.1) is 13.5 Å². The molecule has 3 rings (SSSR count). The van der Waals surface area contributed by atoms with E-state index >= 15 is 0 Å². The van der Waals surface area contributed by atoms with Crippen LogP contribution in [0, 0.1) is 6.92 Å². The summed E-state index contributed by atoms with van der Waals surface area (Å²) in [6.07, 6.45) is 0.311. The number of rotatable bonds is 6. The van der Waals surface area contributed by atoms with E-state index in [0.717, 1.165) is 28.5 Å². The summed E-state index contributed by atoms with van der Waals surface area (Å²) < 4.78 is 10.9. The van der Waals surface area contributed by atoms with Crippen LogP contribution >= 0.6 is 0 Å². The summed E-state index contributed by atoms with van der Waals surface area (Å²) in [5.41, 5.74) is 2.86. The fourth-order valence-electron chi connectivity index (χ4n) is 2.48. The van der Waals surface area contributed by atoms with Gasteiger partial charge >= 0.3 is 0 Å². The first kappa shape index (κ1) is 17.5. The van der Waals surface area contributed by atoms with Crippen LogP contribution in [0.4, 0.5) is 5.69 Å². The Morgan fingerprint density at radius 2 is 1.35 bits per heavy atom. The average Bonchev–Trinajstić information content (AvgIpc) is 2.66. The van der Waals surface area contributed by atoms with E-state index in [1.807, 2.05) is 79.7 Å². The Morgan fingerprint density at radius 1 is 0.808 bits per heavy atom. The molecule has 0 bridgehead atoms. The summed E-state index contributed by atoms with van der Waals surface area (Å²) in [6.45, 7) is 2.03. The molecule has 0 aromatic heterocycles. The Morgan fingerprint density at radius 3 is 1.92 bits per heavy atom. The molecule has 132 valence electrons. The Bertz CT molecular complexity index is 853. The van der Waals surface area contributed by atoms with Crippen LogP contribution in [0.15, 0.2) is 72.8 Å². The average molecular weight is 347 g/mol. The number of ether oxygens (including phenoxy) is 2. The number of amides is 1. The minimum atomic E-state index is -0.0673. The van der Waals surface area contributed by atoms with Crippen molar-refractivity contribution >= 4 is 11.6 Å². The lowest BCUT2D eigenvalue weighted by atomic mass is 10.1. The van der Waals surface area contributed by atoms with Crippen molar-refractivity contribution in [3.63, 3.8) is 0 Å². The van der Waals surface area contributed by atoms with Crippen molar-refractivity contribution in [3.05, 3.63) is 83.9 Å². The minimum Gasteiger partial charge on any atom is -0.497 e. The maximum Gasteiger partial charge on any atom is 0.228 e. The van der Waals surface area contributed by atoms with Crippen LogP contribution in [0.1, 0.15) is 11.1 Å². The molecule has 0 aliphatic heterocycles. The van der Waals surface area contributed by atoms with Gasteiger partial charge in [0.25, 0.3) is 0 Å². The van der Waals surface area contributed by atoms with E-state index in [4.69, 9.17) is 9.47 Å². The molecule has 0 fully saturated rings. The number of hydrogen-bond acceptors (Lipinski definition) is 3. The Labute approximate surface area is 153 Å². The standard InChI is InChI=1S/C22H21NO3/c1-16-3-9-20(10-4-16)26-21-13-7-18(8-14-21)23-22(24)15-17-5-11-19(25-2)12-6-17/h3-14H,15H2,1-2H3,(H,23,24). The molecule has 3 aromatic rings. The number of benzene rings is 3. The van der Waals surface area contributed by atoms with Crippen LogP contribution < -0.4 is 14.8 Å². The van der Waals surface area contributed by atoms with Crippen molar-refractivity contribution in [3.8, 4) is 17.2 Å². The molecule has 3 aromatic carbocycles. The van der Waals surface area contributed by atoms with Gasteiger partial charge < -0.3 is 14.8 Å². The van der Waals surface area contributed by atoms with Gasteiger partial charge in [-0.15, -0.1) is 0 Å². The smallest absolute Gasteiger partial charge is 0.228 e. The molecular weight excluding hydrogens is 326 g/mol. The highest BCUT2D eigenvalue weighted by atomic mass is 16.5. The lowest BCUT2D eigenvalue weighted by Crippen LogP contribution is -2.14. The van der Waals surface area contributed by atoms with Crippen LogP contribution in [0.3, 0.4) is 0 Å². The van der Waals surface area contributed by atoms with E-state index in [1.54, 1.807) is 7.11 Å². The molecule has 26 heavy (non-hydrogen) atoms. The van der Waals surface area contributed by atoms with Gasteiger partial charge in [-0.2, -0.15) is 0 Å². The van der Waals surface area contributed by atoms with Gasteiger partial charge in [0.2, 0.25) is 5.91 Å². The highest BCUT2D eigenvalue weighted by Crippen LogP contribution is 2.23. The number of methoxy groups -OCH3 is 1. The quantitative estimate of drug-likeness (QED) is 0.684. The molecule has 4 nitrogen and oxygen atoms in total. The van der Waals surface area contributed by atoms with Gasteiger partial charge in [-0.05, 0) is 61.0 Å². The van der Waals surface area contributed by atoms with Gasteiger partial charge in [0.1, 0.15) is 17.2 Å². The molecule has 0 saturated heterocycles. The number of hydrogen-bond donors (Lipinski definition) is 1. The maximum atomic E-state index is 12.2. The van der Waals surface area contributed by atoms with Crippen molar-refractivity contribution in [1.29, 1.82) is 0 Å². The molecule has 0 saturated carbocycles. The summed E-state index contributed by atoms with van der Waals surface area (Å²) in [7, 11) is 1.62. The SMILES string of the molecule is COc1ccc(CC(=O)Nc2ccc(Oc3ccc(C)cc3)cc2)cc1. The van der Waals surface area contributed by atoms with Crippen LogP contribution in [-0.2, 0) is 11.2 Å². The summed E-state index contributed by atoms with van der Waals surface area (Å²) in [4.78, 5) is 12.2. The van der Waals surface area contributed by atoms with Crippen molar-refractivity contribution in [2.45, 2.75) is 13.3 Å². The zero-order valence-corrected chi connectivity index (χ0v) is 14.9. The predicted octanol–water partition coefficient (Wildman–Crippen LogP) is 4.98. The summed E-state index contributed by atoms with van der Waals surface area (Å²) in [5, 5.41) is 2.89. The number of nitrogens with one attached hydrogen (secondary N) is 1. The molecule has 0 aliphatic rings. The normalized spacial score (nSPS) is 10.2. The third kappa shape index (κ3) is 4.86. The van der Waals surface area contributed by atoms with E-state index in [0.29, 0.717) is 6.42 Å². The topological polar surface area (TPSA) is 47.6 Å². The number of carbonyl (C=O) groups excluding carboxylic acids is 1. The number of carbonyl (C=O) groups is 1. The lowest BCUT2D eigenvalue weighted by molar-refractivity contribution is -0.115. The first-order valence-corrected chi connectivity index (χ1v) is 8.40. The van der Waals surface area contributed by atoms with Gasteiger partial charge in [0, 0.05) is 5.69 Å². The van der Waals surface area contributed by atoms with E-state index < -0.39 is 0 Å². The first-order valence-electron chi connectivity index (χ1n) is 8.40. The van der Waals surface area contributed by atoms with Crippen LogP contribution in [0.5, 0.6) is 17.2 Å². The number of aryl methyl sites for hydroxylation is 1. The third-order valence-corrected chi connectivity index (χ3v) is 3.92. The molecule has 0 aliphatic carbocycles. The molecule has 1 N–H and O–H groups in total. The Hall–Kier alpha value is -3.27. The second kappa shape index (κ2) is 8.21. The maximum absolute atomic E-state index is 12.2. The first-order chi connectivity index (χ1) is 12.6. The fourth-order valence-corrected chi connectivity index (χ4v) is 2.48. The third-order valence-electron chi connectivity index (χ3n) is 3.92. The van der Waals surface area contributed by atoms with E-state index in [2.05, 4.69) is 5.32 Å². The molecule has 0 spiro atoms. The highest BCUT2D eigenvalue weighted by Gasteiger charge is 2.05.